The first-order chi connectivity index (χ1) is 17.0. The quantitative estimate of drug-likeness (QED) is 0.464. The normalized spacial score (nSPS) is 23.4. The van der Waals surface area contributed by atoms with Crippen LogP contribution in [0.5, 0.6) is 0 Å². The van der Waals surface area contributed by atoms with Gasteiger partial charge in [0.05, 0.1) is 30.5 Å². The van der Waals surface area contributed by atoms with Crippen molar-refractivity contribution in [3.63, 3.8) is 0 Å². The summed E-state index contributed by atoms with van der Waals surface area (Å²) >= 11 is 8.10. The van der Waals surface area contributed by atoms with Crippen LogP contribution in [-0.4, -0.2) is 71.2 Å². The molecular formula is C24H37ClN6O3S3. The first-order valence-corrected chi connectivity index (χ1v) is 13.4. The molecule has 1 spiro atoms. The largest absolute Gasteiger partial charge is 0.390 e. The van der Waals surface area contributed by atoms with Gasteiger partial charge in [-0.05, 0) is 38.7 Å². The molecule has 0 amide bonds. The molecule has 0 aromatic carbocycles. The Morgan fingerprint density at radius 1 is 1.24 bits per heavy atom. The predicted molar refractivity (Wildman–Crippen MR) is 157 cm³/mol. The van der Waals surface area contributed by atoms with E-state index in [1.54, 1.807) is 12.4 Å². The van der Waals surface area contributed by atoms with Crippen molar-refractivity contribution in [2.45, 2.75) is 67.3 Å². The molecule has 2 atom stereocenters. The van der Waals surface area contributed by atoms with Crippen molar-refractivity contribution >= 4 is 62.0 Å². The van der Waals surface area contributed by atoms with Crippen LogP contribution in [0.15, 0.2) is 28.4 Å². The summed E-state index contributed by atoms with van der Waals surface area (Å²) in [6.45, 7) is 5.70. The van der Waals surface area contributed by atoms with Crippen LogP contribution in [0.1, 0.15) is 38.3 Å². The summed E-state index contributed by atoms with van der Waals surface area (Å²) in [7, 11) is 0. The maximum atomic E-state index is 10.1. The van der Waals surface area contributed by atoms with Crippen molar-refractivity contribution in [2.24, 2.45) is 11.1 Å². The maximum absolute atomic E-state index is 10.1. The number of aliphatic hydroxyl groups excluding tert-OH is 1. The van der Waals surface area contributed by atoms with Crippen LogP contribution in [0.25, 0.3) is 0 Å². The molecule has 0 radical (unpaired) electrons. The lowest BCUT2D eigenvalue weighted by molar-refractivity contribution is 0.0904. The Labute approximate surface area is 241 Å². The highest BCUT2D eigenvalue weighted by Gasteiger charge is 2.47. The molecule has 5 heterocycles. The van der Waals surface area contributed by atoms with Gasteiger partial charge in [-0.25, -0.2) is 15.0 Å². The second-order valence-corrected chi connectivity index (χ2v) is 11.1. The van der Waals surface area contributed by atoms with E-state index < -0.39 is 0 Å². The summed E-state index contributed by atoms with van der Waals surface area (Å²) in [5.74, 6) is 1.40. The van der Waals surface area contributed by atoms with Crippen LogP contribution in [0.4, 0.5) is 11.6 Å². The van der Waals surface area contributed by atoms with E-state index in [-0.39, 0.29) is 51.2 Å². The molecule has 0 bridgehead atoms. The highest BCUT2D eigenvalue weighted by atomic mass is 35.5. The molecule has 13 heteroatoms. The first kappa shape index (κ1) is 30.6. The number of piperidine rings is 1. The summed E-state index contributed by atoms with van der Waals surface area (Å²) in [4.78, 5) is 16.9. The van der Waals surface area contributed by atoms with Gasteiger partial charge in [0.1, 0.15) is 16.5 Å². The van der Waals surface area contributed by atoms with Crippen LogP contribution in [0.3, 0.4) is 0 Å². The average Bonchev–Trinajstić information content (AvgIpc) is 3.16. The van der Waals surface area contributed by atoms with Crippen LogP contribution in [0, 0.1) is 5.41 Å². The van der Waals surface area contributed by atoms with Crippen LogP contribution >= 0.6 is 50.4 Å². The van der Waals surface area contributed by atoms with Gasteiger partial charge in [-0.3, -0.25) is 0 Å². The Morgan fingerprint density at radius 2 is 1.97 bits per heavy atom. The standard InChI is InChI=1S/C24H33ClN6O3S.2H2S/c1-15-21(26)24(14-34-15)5-8-31(9-6-24)23-17(13-32)30-19(12-28-23)35-18-2-7-27-22(20(18)25)29-16-3-10-33-11-4-16;;/h2,7,12,15-16,21,32H,3-6,8-11,13-14,26H2,1H3,(H,27,29);2*1H2/t15-,21+;;/m0../s1. The lowest BCUT2D eigenvalue weighted by Gasteiger charge is -2.41. The van der Waals surface area contributed by atoms with Gasteiger partial charge in [-0.15, -0.1) is 0 Å². The highest BCUT2D eigenvalue weighted by Crippen LogP contribution is 2.42. The number of rotatable bonds is 6. The van der Waals surface area contributed by atoms with Gasteiger partial charge in [-0.2, -0.15) is 27.0 Å². The van der Waals surface area contributed by atoms with Gasteiger partial charge in [-0.1, -0.05) is 23.4 Å². The Kier molecular flexibility index (Phi) is 11.0. The summed E-state index contributed by atoms with van der Waals surface area (Å²) in [5, 5.41) is 14.7. The van der Waals surface area contributed by atoms with Gasteiger partial charge < -0.3 is 30.5 Å². The minimum atomic E-state index is -0.182. The summed E-state index contributed by atoms with van der Waals surface area (Å²) in [6.07, 6.45) is 7.33. The monoisotopic (exact) mass is 588 g/mol. The Bertz CT molecular complexity index is 1040. The average molecular weight is 589 g/mol. The van der Waals surface area contributed by atoms with Gasteiger partial charge in [0.25, 0.3) is 0 Å². The SMILES string of the molecule is C[C@@H]1OCC2(CCN(c3ncc(Sc4ccnc(NC5CCOCC5)c4Cl)nc3CO)CC2)[C@@H]1N.S.S. The number of aliphatic hydroxyl groups is 1. The summed E-state index contributed by atoms with van der Waals surface area (Å²) in [6, 6.07) is 2.23. The third kappa shape index (κ3) is 6.60. The maximum Gasteiger partial charge on any atom is 0.152 e. The van der Waals surface area contributed by atoms with Gasteiger partial charge in [0, 0.05) is 54.9 Å². The molecule has 3 fully saturated rings. The Morgan fingerprint density at radius 3 is 2.62 bits per heavy atom. The van der Waals surface area contributed by atoms with Crippen molar-refractivity contribution in [2.75, 3.05) is 43.1 Å². The van der Waals surface area contributed by atoms with E-state index in [0.717, 1.165) is 69.3 Å². The van der Waals surface area contributed by atoms with Gasteiger partial charge >= 0.3 is 0 Å². The van der Waals surface area contributed by atoms with E-state index in [9.17, 15) is 5.11 Å². The van der Waals surface area contributed by atoms with E-state index in [1.807, 2.05) is 6.07 Å². The number of ether oxygens (including phenoxy) is 2. The Balaban J connectivity index is 0.00000190. The minimum Gasteiger partial charge on any atom is -0.390 e. The van der Waals surface area contributed by atoms with Crippen LogP contribution < -0.4 is 16.0 Å². The number of pyridine rings is 1. The minimum absolute atomic E-state index is 0. The summed E-state index contributed by atoms with van der Waals surface area (Å²) in [5.41, 5.74) is 7.06. The number of hydrogen-bond acceptors (Lipinski definition) is 10. The van der Waals surface area contributed by atoms with E-state index in [0.29, 0.717) is 27.6 Å². The number of aromatic nitrogens is 3. The van der Waals surface area contributed by atoms with E-state index >= 15 is 0 Å². The molecule has 3 saturated heterocycles. The molecule has 0 unspecified atom stereocenters. The second-order valence-electron chi connectivity index (χ2n) is 9.63. The molecule has 4 N–H and O–H groups in total. The summed E-state index contributed by atoms with van der Waals surface area (Å²) < 4.78 is 11.3. The fourth-order valence-electron chi connectivity index (χ4n) is 5.21. The molecule has 3 aliphatic rings. The molecule has 0 aliphatic carbocycles. The number of anilines is 2. The van der Waals surface area contributed by atoms with Crippen LogP contribution in [-0.2, 0) is 16.1 Å². The molecule has 0 saturated carbocycles. The van der Waals surface area contributed by atoms with Crippen molar-refractivity contribution in [1.82, 2.24) is 15.0 Å². The topological polar surface area (TPSA) is 119 Å². The second kappa shape index (κ2) is 13.4. The number of nitrogens with one attached hydrogen (secondary N) is 1. The zero-order valence-electron chi connectivity index (χ0n) is 21.0. The molecule has 2 aromatic rings. The lowest BCUT2D eigenvalue weighted by atomic mass is 9.73. The predicted octanol–water partition coefficient (Wildman–Crippen LogP) is 3.32. The van der Waals surface area contributed by atoms with E-state index in [2.05, 4.69) is 22.1 Å². The number of hydrogen-bond donors (Lipinski definition) is 3. The fraction of sp³-hybridized carbons (Fsp3) is 0.625. The molecule has 37 heavy (non-hydrogen) atoms. The number of nitrogens with zero attached hydrogens (tertiary/aromatic N) is 4. The Hall–Kier alpha value is -0.990. The van der Waals surface area contributed by atoms with Crippen molar-refractivity contribution in [1.29, 1.82) is 0 Å². The molecule has 5 rings (SSSR count). The first-order valence-electron chi connectivity index (χ1n) is 12.2. The fourth-order valence-corrected chi connectivity index (χ4v) is 6.30. The van der Waals surface area contributed by atoms with Crippen molar-refractivity contribution < 1.29 is 14.6 Å². The smallest absolute Gasteiger partial charge is 0.152 e. The van der Waals surface area contributed by atoms with Gasteiger partial charge in [0.15, 0.2) is 5.82 Å². The van der Waals surface area contributed by atoms with Crippen LogP contribution in [0.2, 0.25) is 5.02 Å². The zero-order chi connectivity index (χ0) is 24.4. The molecule has 2 aromatic heterocycles. The van der Waals surface area contributed by atoms with Crippen molar-refractivity contribution in [3.8, 4) is 0 Å². The third-order valence-corrected chi connectivity index (χ3v) is 8.95. The lowest BCUT2D eigenvalue weighted by Crippen LogP contribution is -2.51. The molecular weight excluding hydrogens is 552 g/mol. The van der Waals surface area contributed by atoms with E-state index in [1.165, 1.54) is 11.8 Å². The van der Waals surface area contributed by atoms with E-state index in [4.69, 9.17) is 36.8 Å². The third-order valence-electron chi connectivity index (χ3n) is 7.49. The molecule has 9 nitrogen and oxygen atoms in total. The molecule has 206 valence electrons. The number of halogens is 1. The highest BCUT2D eigenvalue weighted by molar-refractivity contribution is 7.99. The zero-order valence-corrected chi connectivity index (χ0v) is 24.5. The number of nitrogens with two attached hydrogens (primary N) is 1. The molecule has 3 aliphatic heterocycles. The van der Waals surface area contributed by atoms with Gasteiger partial charge in [0.2, 0.25) is 0 Å². The van der Waals surface area contributed by atoms with Crippen molar-refractivity contribution in [3.05, 3.63) is 29.2 Å².